The van der Waals surface area contributed by atoms with Gasteiger partial charge in [0.25, 0.3) is 0 Å². The van der Waals surface area contributed by atoms with Crippen LogP contribution in [0.2, 0.25) is 0 Å². The van der Waals surface area contributed by atoms with Crippen LogP contribution in [0.25, 0.3) is 0 Å². The van der Waals surface area contributed by atoms with Crippen LogP contribution in [0, 0.1) is 5.92 Å². The van der Waals surface area contributed by atoms with Gasteiger partial charge in [-0.2, -0.15) is 0 Å². The zero-order valence-corrected chi connectivity index (χ0v) is 12.0. The number of nitrogens with one attached hydrogen (secondary N) is 1. The van der Waals surface area contributed by atoms with E-state index in [1.165, 1.54) is 5.69 Å². The quantitative estimate of drug-likeness (QED) is 0.679. The average Bonchev–Trinajstić information content (AvgIpc) is 2.70. The van der Waals surface area contributed by atoms with Crippen molar-refractivity contribution in [3.8, 4) is 0 Å². The van der Waals surface area contributed by atoms with Gasteiger partial charge in [0.2, 0.25) is 5.95 Å². The van der Waals surface area contributed by atoms with Crippen molar-refractivity contribution >= 4 is 5.95 Å². The minimum absolute atomic E-state index is 0.286. The Kier molecular flexibility index (Phi) is 6.15. The molecule has 1 unspecified atom stereocenters. The fraction of sp³-hybridized carbons (Fsp3) is 0.769. The molecule has 0 fully saturated rings. The van der Waals surface area contributed by atoms with Crippen molar-refractivity contribution < 1.29 is 5.11 Å². The Labute approximate surface area is 110 Å². The summed E-state index contributed by atoms with van der Waals surface area (Å²) in [7, 11) is 6.03. The van der Waals surface area contributed by atoms with E-state index in [9.17, 15) is 0 Å². The zero-order chi connectivity index (χ0) is 13.5. The number of rotatable bonds is 8. The molecule has 0 aliphatic rings. The van der Waals surface area contributed by atoms with E-state index in [1.54, 1.807) is 0 Å². The summed E-state index contributed by atoms with van der Waals surface area (Å²) in [6.07, 6.45) is 4.08. The minimum atomic E-state index is 0.286. The highest BCUT2D eigenvalue weighted by Crippen LogP contribution is 2.10. The van der Waals surface area contributed by atoms with Crippen molar-refractivity contribution in [3.63, 3.8) is 0 Å². The van der Waals surface area contributed by atoms with E-state index < -0.39 is 0 Å². The minimum Gasteiger partial charge on any atom is -0.396 e. The van der Waals surface area contributed by atoms with Gasteiger partial charge >= 0.3 is 0 Å². The first-order valence-corrected chi connectivity index (χ1v) is 6.55. The first-order chi connectivity index (χ1) is 8.56. The Morgan fingerprint density at radius 1 is 1.50 bits per heavy atom. The van der Waals surface area contributed by atoms with Crippen LogP contribution in [-0.4, -0.2) is 41.9 Å². The largest absolute Gasteiger partial charge is 0.396 e. The van der Waals surface area contributed by atoms with Gasteiger partial charge < -0.3 is 19.9 Å². The lowest BCUT2D eigenvalue weighted by Crippen LogP contribution is -2.19. The number of aromatic nitrogens is 2. The van der Waals surface area contributed by atoms with Crippen LogP contribution >= 0.6 is 0 Å². The molecule has 0 aliphatic carbocycles. The van der Waals surface area contributed by atoms with Gasteiger partial charge in [-0.25, -0.2) is 4.98 Å². The Hall–Kier alpha value is -1.07. The lowest BCUT2D eigenvalue weighted by Gasteiger charge is -2.13. The fourth-order valence-electron chi connectivity index (χ4n) is 1.90. The monoisotopic (exact) mass is 254 g/mol. The molecular formula is C13H26N4O. The molecule has 1 aromatic rings. The lowest BCUT2D eigenvalue weighted by atomic mass is 10.1. The summed E-state index contributed by atoms with van der Waals surface area (Å²) in [5.74, 6) is 1.38. The highest BCUT2D eigenvalue weighted by molar-refractivity contribution is 5.30. The Balaban J connectivity index is 2.27. The predicted octanol–water partition coefficient (Wildman–Crippen LogP) is 0.984. The highest BCUT2D eigenvalue weighted by Gasteiger charge is 2.07. The van der Waals surface area contributed by atoms with Gasteiger partial charge in [0.05, 0.1) is 11.9 Å². The third-order valence-corrected chi connectivity index (χ3v) is 3.13. The van der Waals surface area contributed by atoms with E-state index in [2.05, 4.69) is 21.8 Å². The molecule has 1 heterocycles. The number of nitrogens with zero attached hydrogens (tertiary/aromatic N) is 3. The number of aliphatic hydroxyl groups is 1. The van der Waals surface area contributed by atoms with Gasteiger partial charge in [-0.15, -0.1) is 0 Å². The third-order valence-electron chi connectivity index (χ3n) is 3.13. The number of hydrogen-bond acceptors (Lipinski definition) is 4. The van der Waals surface area contributed by atoms with Gasteiger partial charge in [-0.1, -0.05) is 6.92 Å². The molecule has 0 aromatic carbocycles. The van der Waals surface area contributed by atoms with E-state index in [0.29, 0.717) is 5.92 Å². The van der Waals surface area contributed by atoms with Gasteiger partial charge in [-0.05, 0) is 25.3 Å². The van der Waals surface area contributed by atoms with Crippen molar-refractivity contribution in [3.05, 3.63) is 11.9 Å². The van der Waals surface area contributed by atoms with Crippen LogP contribution in [0.4, 0.5) is 5.95 Å². The van der Waals surface area contributed by atoms with E-state index >= 15 is 0 Å². The molecule has 18 heavy (non-hydrogen) atoms. The van der Waals surface area contributed by atoms with Gasteiger partial charge in [0.1, 0.15) is 0 Å². The number of imidazole rings is 1. The molecule has 1 aromatic heterocycles. The number of hydrogen-bond donors (Lipinski definition) is 2. The van der Waals surface area contributed by atoms with Crippen molar-refractivity contribution in [2.24, 2.45) is 13.0 Å². The van der Waals surface area contributed by atoms with Gasteiger partial charge in [-0.3, -0.25) is 0 Å². The summed E-state index contributed by atoms with van der Waals surface area (Å²) < 4.78 is 2.10. The smallest absolute Gasteiger partial charge is 0.204 e. The maximum Gasteiger partial charge on any atom is 0.204 e. The molecule has 0 radical (unpaired) electrons. The molecule has 0 amide bonds. The van der Waals surface area contributed by atoms with Gasteiger partial charge in [0.15, 0.2) is 0 Å². The summed E-state index contributed by atoms with van der Waals surface area (Å²) in [5, 5.41) is 12.3. The molecule has 5 heteroatoms. The Bertz CT molecular complexity index is 349. The second kappa shape index (κ2) is 7.38. The fourth-order valence-corrected chi connectivity index (χ4v) is 1.90. The second-order valence-electron chi connectivity index (χ2n) is 5.11. The van der Waals surface area contributed by atoms with Crippen LogP contribution < -0.4 is 10.2 Å². The summed E-state index contributed by atoms with van der Waals surface area (Å²) in [4.78, 5) is 6.38. The van der Waals surface area contributed by atoms with E-state index in [0.717, 1.165) is 31.9 Å². The second-order valence-corrected chi connectivity index (χ2v) is 5.11. The molecule has 0 bridgehead atoms. The number of aliphatic hydroxyl groups excluding tert-OH is 1. The predicted molar refractivity (Wildman–Crippen MR) is 74.7 cm³/mol. The standard InChI is InChI=1S/C13H26N4O/c1-11(10-18)6-5-7-14-8-12-9-15-13(16(2)3)17(12)4/h9,11,14,18H,5-8,10H2,1-4H3. The maximum atomic E-state index is 8.92. The van der Waals surface area contributed by atoms with Crippen LogP contribution in [0.5, 0.6) is 0 Å². The van der Waals surface area contributed by atoms with Crippen molar-refractivity contribution in [1.29, 1.82) is 0 Å². The SMILES string of the molecule is CC(CO)CCCNCc1cnc(N(C)C)n1C. The molecular weight excluding hydrogens is 228 g/mol. The lowest BCUT2D eigenvalue weighted by molar-refractivity contribution is 0.228. The maximum absolute atomic E-state index is 8.92. The normalized spacial score (nSPS) is 12.7. The van der Waals surface area contributed by atoms with Gasteiger partial charge in [0, 0.05) is 34.3 Å². The zero-order valence-electron chi connectivity index (χ0n) is 12.0. The Morgan fingerprint density at radius 2 is 2.22 bits per heavy atom. The average molecular weight is 254 g/mol. The summed E-state index contributed by atoms with van der Waals surface area (Å²) in [5.41, 5.74) is 1.19. The summed E-state index contributed by atoms with van der Waals surface area (Å²) >= 11 is 0. The Morgan fingerprint density at radius 3 is 2.78 bits per heavy atom. The van der Waals surface area contributed by atoms with E-state index in [4.69, 9.17) is 5.11 Å². The molecule has 0 spiro atoms. The van der Waals surface area contributed by atoms with Crippen LogP contribution in [0.15, 0.2) is 6.20 Å². The van der Waals surface area contributed by atoms with E-state index in [1.807, 2.05) is 32.2 Å². The number of anilines is 1. The molecule has 104 valence electrons. The van der Waals surface area contributed by atoms with Crippen molar-refractivity contribution in [1.82, 2.24) is 14.9 Å². The van der Waals surface area contributed by atoms with Crippen LogP contribution in [0.1, 0.15) is 25.5 Å². The molecule has 1 atom stereocenters. The van der Waals surface area contributed by atoms with Crippen molar-refractivity contribution in [2.75, 3.05) is 32.1 Å². The summed E-state index contributed by atoms with van der Waals surface area (Å²) in [6.45, 7) is 4.18. The van der Waals surface area contributed by atoms with Crippen LogP contribution in [-0.2, 0) is 13.6 Å². The first kappa shape index (κ1) is 15.0. The van der Waals surface area contributed by atoms with Crippen LogP contribution in [0.3, 0.4) is 0 Å². The third kappa shape index (κ3) is 4.31. The molecule has 2 N–H and O–H groups in total. The first-order valence-electron chi connectivity index (χ1n) is 6.55. The molecule has 5 nitrogen and oxygen atoms in total. The topological polar surface area (TPSA) is 53.3 Å². The molecule has 0 saturated carbocycles. The molecule has 0 aliphatic heterocycles. The summed E-state index contributed by atoms with van der Waals surface area (Å²) in [6, 6.07) is 0. The highest BCUT2D eigenvalue weighted by atomic mass is 16.3. The van der Waals surface area contributed by atoms with Crippen molar-refractivity contribution in [2.45, 2.75) is 26.3 Å². The van der Waals surface area contributed by atoms with E-state index in [-0.39, 0.29) is 6.61 Å². The molecule has 1 rings (SSSR count). The molecule has 0 saturated heterocycles.